The van der Waals surface area contributed by atoms with Gasteiger partial charge < -0.3 is 15.0 Å². The summed E-state index contributed by atoms with van der Waals surface area (Å²) in [4.78, 5) is 15.3. The predicted octanol–water partition coefficient (Wildman–Crippen LogP) is 1.56. The molecule has 3 rings (SSSR count). The Labute approximate surface area is 122 Å². The van der Waals surface area contributed by atoms with Crippen LogP contribution in [0.4, 0.5) is 16.3 Å². The van der Waals surface area contributed by atoms with Gasteiger partial charge in [0.05, 0.1) is 13.2 Å². The molecule has 110 valence electrons. The van der Waals surface area contributed by atoms with Crippen LogP contribution in [0.25, 0.3) is 11.4 Å². The van der Waals surface area contributed by atoms with Crippen molar-refractivity contribution in [2.45, 2.75) is 0 Å². The van der Waals surface area contributed by atoms with Gasteiger partial charge in [0.15, 0.2) is 5.82 Å². The summed E-state index contributed by atoms with van der Waals surface area (Å²) in [5, 5.41) is 2.93. The van der Waals surface area contributed by atoms with Crippen LogP contribution in [0.3, 0.4) is 0 Å². The third-order valence-corrected chi connectivity index (χ3v) is 3.24. The van der Waals surface area contributed by atoms with Crippen molar-refractivity contribution in [2.75, 3.05) is 43.6 Å². The fraction of sp³-hybridized carbons (Fsp3) is 0.357. The molecule has 2 aromatic rings. The number of hydrogen-bond acceptors (Lipinski definition) is 6. The van der Waals surface area contributed by atoms with Crippen LogP contribution in [0.1, 0.15) is 0 Å². The fourth-order valence-electron chi connectivity index (χ4n) is 2.11. The van der Waals surface area contributed by atoms with Crippen molar-refractivity contribution in [1.82, 2.24) is 15.0 Å². The monoisotopic (exact) mass is 289 g/mol. The second kappa shape index (κ2) is 6.01. The normalized spacial score (nSPS) is 15.0. The summed E-state index contributed by atoms with van der Waals surface area (Å²) in [6, 6.07) is 6.11. The van der Waals surface area contributed by atoms with Gasteiger partial charge in [-0.1, -0.05) is 0 Å². The molecule has 0 saturated carbocycles. The smallest absolute Gasteiger partial charge is 0.230 e. The lowest BCUT2D eigenvalue weighted by Crippen LogP contribution is -2.37. The highest BCUT2D eigenvalue weighted by atomic mass is 19.1. The molecule has 1 aliphatic heterocycles. The summed E-state index contributed by atoms with van der Waals surface area (Å²) in [6.45, 7) is 2.81. The summed E-state index contributed by atoms with van der Waals surface area (Å²) in [7, 11) is 1.76. The zero-order chi connectivity index (χ0) is 14.7. The van der Waals surface area contributed by atoms with E-state index >= 15 is 0 Å². The number of nitrogens with zero attached hydrogens (tertiary/aromatic N) is 4. The molecule has 0 amide bonds. The SMILES string of the molecule is CNc1nc(-c2ccc(F)cc2)nc(N2CCOCC2)n1. The van der Waals surface area contributed by atoms with Gasteiger partial charge in [-0.2, -0.15) is 15.0 Å². The molecule has 0 unspecified atom stereocenters. The predicted molar refractivity (Wildman–Crippen MR) is 77.8 cm³/mol. The van der Waals surface area contributed by atoms with E-state index in [9.17, 15) is 4.39 Å². The van der Waals surface area contributed by atoms with Crippen LogP contribution < -0.4 is 10.2 Å². The Kier molecular flexibility index (Phi) is 3.92. The molecule has 1 fully saturated rings. The Morgan fingerprint density at radius 3 is 2.48 bits per heavy atom. The second-order valence-corrected chi connectivity index (χ2v) is 4.64. The zero-order valence-electron chi connectivity index (χ0n) is 11.7. The number of benzene rings is 1. The van der Waals surface area contributed by atoms with Crippen LogP contribution in [0.15, 0.2) is 24.3 Å². The Bertz CT molecular complexity index is 613. The number of halogens is 1. The first-order valence-corrected chi connectivity index (χ1v) is 6.79. The number of morpholine rings is 1. The van der Waals surface area contributed by atoms with Crippen molar-refractivity contribution in [3.05, 3.63) is 30.1 Å². The van der Waals surface area contributed by atoms with Crippen molar-refractivity contribution >= 4 is 11.9 Å². The van der Waals surface area contributed by atoms with Gasteiger partial charge in [-0.15, -0.1) is 0 Å². The van der Waals surface area contributed by atoms with E-state index in [1.54, 1.807) is 19.2 Å². The molecular formula is C14H16FN5O. The van der Waals surface area contributed by atoms with E-state index in [0.717, 1.165) is 18.7 Å². The molecule has 2 heterocycles. The van der Waals surface area contributed by atoms with Crippen molar-refractivity contribution in [1.29, 1.82) is 0 Å². The van der Waals surface area contributed by atoms with Gasteiger partial charge in [0.2, 0.25) is 11.9 Å². The molecule has 0 bridgehead atoms. The quantitative estimate of drug-likeness (QED) is 0.925. The summed E-state index contributed by atoms with van der Waals surface area (Å²) in [5.74, 6) is 1.34. The topological polar surface area (TPSA) is 63.2 Å². The lowest BCUT2D eigenvalue weighted by molar-refractivity contribution is 0.122. The van der Waals surface area contributed by atoms with Crippen LogP contribution in [0.2, 0.25) is 0 Å². The minimum absolute atomic E-state index is 0.282. The molecule has 6 nitrogen and oxygen atoms in total. The summed E-state index contributed by atoms with van der Waals surface area (Å²) in [5.41, 5.74) is 0.754. The van der Waals surface area contributed by atoms with Gasteiger partial charge in [-0.05, 0) is 24.3 Å². The maximum Gasteiger partial charge on any atom is 0.230 e. The van der Waals surface area contributed by atoms with Crippen LogP contribution in [-0.4, -0.2) is 48.3 Å². The average molecular weight is 289 g/mol. The van der Waals surface area contributed by atoms with E-state index in [-0.39, 0.29) is 5.82 Å². The summed E-state index contributed by atoms with van der Waals surface area (Å²) < 4.78 is 18.4. The Hall–Kier alpha value is -2.28. The number of anilines is 2. The van der Waals surface area contributed by atoms with Crippen molar-refractivity contribution in [2.24, 2.45) is 0 Å². The van der Waals surface area contributed by atoms with Gasteiger partial charge in [-0.25, -0.2) is 4.39 Å². The zero-order valence-corrected chi connectivity index (χ0v) is 11.7. The fourth-order valence-corrected chi connectivity index (χ4v) is 2.11. The Morgan fingerprint density at radius 2 is 1.81 bits per heavy atom. The highest BCUT2D eigenvalue weighted by Gasteiger charge is 2.16. The molecule has 0 spiro atoms. The van der Waals surface area contributed by atoms with Crippen LogP contribution in [0, 0.1) is 5.82 Å². The molecule has 0 radical (unpaired) electrons. The van der Waals surface area contributed by atoms with E-state index in [0.29, 0.717) is 30.9 Å². The van der Waals surface area contributed by atoms with E-state index in [4.69, 9.17) is 4.74 Å². The van der Waals surface area contributed by atoms with Crippen molar-refractivity contribution < 1.29 is 9.13 Å². The van der Waals surface area contributed by atoms with E-state index in [1.165, 1.54) is 12.1 Å². The largest absolute Gasteiger partial charge is 0.378 e. The number of hydrogen-bond donors (Lipinski definition) is 1. The lowest BCUT2D eigenvalue weighted by atomic mass is 10.2. The van der Waals surface area contributed by atoms with Crippen LogP contribution >= 0.6 is 0 Å². The highest BCUT2D eigenvalue weighted by Crippen LogP contribution is 2.20. The molecule has 7 heteroatoms. The van der Waals surface area contributed by atoms with Crippen LogP contribution in [0.5, 0.6) is 0 Å². The number of ether oxygens (including phenoxy) is 1. The average Bonchev–Trinajstić information content (AvgIpc) is 2.56. The maximum atomic E-state index is 13.0. The Balaban J connectivity index is 1.98. The third kappa shape index (κ3) is 3.08. The maximum absolute atomic E-state index is 13.0. The molecule has 1 N–H and O–H groups in total. The third-order valence-electron chi connectivity index (χ3n) is 3.24. The molecule has 0 atom stereocenters. The lowest BCUT2D eigenvalue weighted by Gasteiger charge is -2.27. The van der Waals surface area contributed by atoms with Crippen LogP contribution in [-0.2, 0) is 4.74 Å². The number of aromatic nitrogens is 3. The minimum Gasteiger partial charge on any atom is -0.378 e. The van der Waals surface area contributed by atoms with E-state index in [1.807, 2.05) is 0 Å². The molecular weight excluding hydrogens is 273 g/mol. The minimum atomic E-state index is -0.282. The van der Waals surface area contributed by atoms with E-state index in [2.05, 4.69) is 25.2 Å². The molecule has 1 aromatic heterocycles. The van der Waals surface area contributed by atoms with E-state index < -0.39 is 0 Å². The molecule has 1 saturated heterocycles. The van der Waals surface area contributed by atoms with Crippen molar-refractivity contribution in [3.8, 4) is 11.4 Å². The molecule has 1 aliphatic rings. The van der Waals surface area contributed by atoms with Gasteiger partial charge in [0.25, 0.3) is 0 Å². The van der Waals surface area contributed by atoms with Gasteiger partial charge >= 0.3 is 0 Å². The number of rotatable bonds is 3. The summed E-state index contributed by atoms with van der Waals surface area (Å²) in [6.07, 6.45) is 0. The first-order valence-electron chi connectivity index (χ1n) is 6.79. The van der Waals surface area contributed by atoms with Gasteiger partial charge in [-0.3, -0.25) is 0 Å². The first kappa shape index (κ1) is 13.7. The van der Waals surface area contributed by atoms with Gasteiger partial charge in [0.1, 0.15) is 5.82 Å². The number of nitrogens with one attached hydrogen (secondary N) is 1. The first-order chi connectivity index (χ1) is 10.3. The molecule has 1 aromatic carbocycles. The van der Waals surface area contributed by atoms with Gasteiger partial charge in [0, 0.05) is 25.7 Å². The second-order valence-electron chi connectivity index (χ2n) is 4.64. The molecule has 21 heavy (non-hydrogen) atoms. The summed E-state index contributed by atoms with van der Waals surface area (Å²) >= 11 is 0. The molecule has 0 aliphatic carbocycles. The highest BCUT2D eigenvalue weighted by molar-refractivity contribution is 5.58. The Morgan fingerprint density at radius 1 is 1.10 bits per heavy atom. The van der Waals surface area contributed by atoms with Crippen molar-refractivity contribution in [3.63, 3.8) is 0 Å². The standard InChI is InChI=1S/C14H16FN5O/c1-16-13-17-12(10-2-4-11(15)5-3-10)18-14(19-13)20-6-8-21-9-7-20/h2-5H,6-9H2,1H3,(H,16,17,18,19).